The Morgan fingerprint density at radius 1 is 1.37 bits per heavy atom. The smallest absolute Gasteiger partial charge is 0.206 e. The minimum Gasteiger partial charge on any atom is -0.369 e. The van der Waals surface area contributed by atoms with Crippen molar-refractivity contribution in [2.45, 2.75) is 13.3 Å². The Bertz CT molecular complexity index is 756. The molecule has 0 unspecified atom stereocenters. The van der Waals surface area contributed by atoms with Gasteiger partial charge in [-0.3, -0.25) is 9.25 Å². The van der Waals surface area contributed by atoms with Gasteiger partial charge in [0.15, 0.2) is 0 Å². The van der Waals surface area contributed by atoms with E-state index >= 15 is 0 Å². The maximum atomic E-state index is 6.07. The predicted molar refractivity (Wildman–Crippen MR) is 79.3 cm³/mol. The number of hydrogen-bond donors (Lipinski definition) is 1. The van der Waals surface area contributed by atoms with Gasteiger partial charge in [0.25, 0.3) is 0 Å². The van der Waals surface area contributed by atoms with E-state index in [0.29, 0.717) is 5.95 Å². The summed E-state index contributed by atoms with van der Waals surface area (Å²) in [6, 6.07) is 5.93. The Hall–Kier alpha value is -1.82. The summed E-state index contributed by atoms with van der Waals surface area (Å²) in [5.41, 5.74) is 9.93. The molecule has 98 valence electrons. The van der Waals surface area contributed by atoms with Gasteiger partial charge in [0.1, 0.15) is 0 Å². The summed E-state index contributed by atoms with van der Waals surface area (Å²) in [5.74, 6) is 0.482. The monoisotopic (exact) mass is 319 g/mol. The van der Waals surface area contributed by atoms with E-state index in [2.05, 4.69) is 32.9 Å². The van der Waals surface area contributed by atoms with Gasteiger partial charge in [-0.05, 0) is 24.6 Å². The van der Waals surface area contributed by atoms with E-state index in [-0.39, 0.29) is 0 Å². The van der Waals surface area contributed by atoms with Gasteiger partial charge in [-0.15, -0.1) is 0 Å². The lowest BCUT2D eigenvalue weighted by atomic mass is 10.2. The van der Waals surface area contributed by atoms with Crippen molar-refractivity contribution in [1.82, 2.24) is 19.3 Å². The van der Waals surface area contributed by atoms with Crippen LogP contribution >= 0.6 is 15.9 Å². The highest BCUT2D eigenvalue weighted by atomic mass is 79.9. The van der Waals surface area contributed by atoms with Gasteiger partial charge in [0.05, 0.1) is 22.4 Å². The first kappa shape index (κ1) is 12.2. The maximum Gasteiger partial charge on any atom is 0.206 e. The summed E-state index contributed by atoms with van der Waals surface area (Å²) in [5, 5.41) is 4.46. The molecule has 0 aliphatic heterocycles. The fraction of sp³-hybridized carbons (Fsp3) is 0.231. The lowest BCUT2D eigenvalue weighted by Gasteiger charge is -2.05. The Kier molecular flexibility index (Phi) is 2.82. The van der Waals surface area contributed by atoms with Crippen molar-refractivity contribution in [3.63, 3.8) is 0 Å². The van der Waals surface area contributed by atoms with Gasteiger partial charge in [0.2, 0.25) is 5.95 Å². The minimum absolute atomic E-state index is 0.482. The molecule has 0 saturated heterocycles. The molecule has 0 fully saturated rings. The third-order valence-electron chi connectivity index (χ3n) is 3.10. The van der Waals surface area contributed by atoms with E-state index in [4.69, 9.17) is 5.73 Å². The van der Waals surface area contributed by atoms with E-state index in [1.54, 1.807) is 4.68 Å². The highest BCUT2D eigenvalue weighted by Crippen LogP contribution is 2.27. The van der Waals surface area contributed by atoms with Crippen molar-refractivity contribution in [2.75, 3.05) is 5.73 Å². The van der Waals surface area contributed by atoms with E-state index < -0.39 is 0 Å². The molecule has 2 heterocycles. The van der Waals surface area contributed by atoms with E-state index in [0.717, 1.165) is 33.3 Å². The van der Waals surface area contributed by atoms with Gasteiger partial charge >= 0.3 is 0 Å². The number of aryl methyl sites for hydroxylation is 2. The molecular formula is C13H14BrN5. The summed E-state index contributed by atoms with van der Waals surface area (Å²) in [7, 11) is 1.91. The van der Waals surface area contributed by atoms with Crippen molar-refractivity contribution in [3.8, 4) is 5.69 Å². The van der Waals surface area contributed by atoms with Gasteiger partial charge in [0, 0.05) is 17.7 Å². The first-order valence-corrected chi connectivity index (χ1v) is 6.86. The number of nitrogens with zero attached hydrogens (tertiary/aromatic N) is 4. The Morgan fingerprint density at radius 2 is 2.16 bits per heavy atom. The molecule has 0 spiro atoms. The molecule has 19 heavy (non-hydrogen) atoms. The fourth-order valence-corrected chi connectivity index (χ4v) is 2.63. The molecule has 1 aromatic carbocycles. The highest BCUT2D eigenvalue weighted by molar-refractivity contribution is 9.10. The topological polar surface area (TPSA) is 61.7 Å². The SMILES string of the molecule is CCc1nn(C)cc1-n1c(N)nc2ccc(Br)cc21. The first-order chi connectivity index (χ1) is 9.10. The second-order valence-corrected chi connectivity index (χ2v) is 5.34. The molecule has 2 aromatic heterocycles. The number of anilines is 1. The number of benzene rings is 1. The van der Waals surface area contributed by atoms with Crippen LogP contribution in [0.2, 0.25) is 0 Å². The van der Waals surface area contributed by atoms with Crippen LogP contribution in [0.1, 0.15) is 12.6 Å². The molecule has 0 bridgehead atoms. The van der Waals surface area contributed by atoms with Crippen LogP contribution < -0.4 is 5.73 Å². The minimum atomic E-state index is 0.482. The van der Waals surface area contributed by atoms with Crippen molar-refractivity contribution >= 4 is 32.9 Å². The molecule has 0 aliphatic carbocycles. The molecule has 2 N–H and O–H groups in total. The summed E-state index contributed by atoms with van der Waals surface area (Å²) >= 11 is 3.49. The van der Waals surface area contributed by atoms with Crippen LogP contribution in [0.5, 0.6) is 0 Å². The number of aromatic nitrogens is 4. The summed E-state index contributed by atoms with van der Waals surface area (Å²) in [6.07, 6.45) is 2.82. The van der Waals surface area contributed by atoms with Crippen LogP contribution in [0.3, 0.4) is 0 Å². The Balaban J connectivity index is 2.34. The third-order valence-corrected chi connectivity index (χ3v) is 3.59. The Labute approximate surface area is 119 Å². The molecule has 3 rings (SSSR count). The number of halogens is 1. The molecular weight excluding hydrogens is 306 g/mol. The summed E-state index contributed by atoms with van der Waals surface area (Å²) < 4.78 is 4.76. The lowest BCUT2D eigenvalue weighted by Crippen LogP contribution is -2.02. The van der Waals surface area contributed by atoms with Crippen molar-refractivity contribution in [3.05, 3.63) is 34.6 Å². The Morgan fingerprint density at radius 3 is 2.89 bits per heavy atom. The van der Waals surface area contributed by atoms with Crippen LogP contribution in [0.25, 0.3) is 16.7 Å². The molecule has 5 nitrogen and oxygen atoms in total. The van der Waals surface area contributed by atoms with Crippen LogP contribution in [0.4, 0.5) is 5.95 Å². The van der Waals surface area contributed by atoms with E-state index in [1.807, 2.05) is 36.0 Å². The largest absolute Gasteiger partial charge is 0.369 e. The maximum absolute atomic E-state index is 6.07. The lowest BCUT2D eigenvalue weighted by molar-refractivity contribution is 0.746. The molecule has 0 aliphatic rings. The second kappa shape index (κ2) is 4.38. The average molecular weight is 320 g/mol. The molecule has 0 amide bonds. The van der Waals surface area contributed by atoms with Gasteiger partial charge in [-0.1, -0.05) is 22.9 Å². The molecule has 3 aromatic rings. The predicted octanol–water partition coefficient (Wildman–Crippen LogP) is 2.67. The fourth-order valence-electron chi connectivity index (χ4n) is 2.28. The summed E-state index contributed by atoms with van der Waals surface area (Å²) in [4.78, 5) is 4.40. The van der Waals surface area contributed by atoms with Crippen LogP contribution in [0.15, 0.2) is 28.9 Å². The average Bonchev–Trinajstić information content (AvgIpc) is 2.88. The van der Waals surface area contributed by atoms with Crippen LogP contribution in [-0.2, 0) is 13.5 Å². The zero-order valence-corrected chi connectivity index (χ0v) is 12.3. The molecule has 6 heteroatoms. The normalized spacial score (nSPS) is 11.3. The quantitative estimate of drug-likeness (QED) is 0.790. The third kappa shape index (κ3) is 1.92. The van der Waals surface area contributed by atoms with Crippen molar-refractivity contribution in [1.29, 1.82) is 0 Å². The number of imidazole rings is 1. The molecule has 0 atom stereocenters. The van der Waals surface area contributed by atoms with Gasteiger partial charge < -0.3 is 5.73 Å². The first-order valence-electron chi connectivity index (χ1n) is 6.06. The number of rotatable bonds is 2. The van der Waals surface area contributed by atoms with Crippen molar-refractivity contribution < 1.29 is 0 Å². The summed E-state index contributed by atoms with van der Waals surface area (Å²) in [6.45, 7) is 2.08. The zero-order valence-electron chi connectivity index (χ0n) is 10.8. The van der Waals surface area contributed by atoms with Crippen molar-refractivity contribution in [2.24, 2.45) is 7.05 Å². The number of hydrogen-bond acceptors (Lipinski definition) is 3. The number of nitrogen functional groups attached to an aromatic ring is 1. The zero-order chi connectivity index (χ0) is 13.6. The van der Waals surface area contributed by atoms with Gasteiger partial charge in [-0.2, -0.15) is 5.10 Å². The second-order valence-electron chi connectivity index (χ2n) is 4.43. The standard InChI is InChI=1S/C13H14BrN5/c1-3-9-12(7-18(2)17-9)19-11-6-8(14)4-5-10(11)16-13(19)15/h4-7H,3H2,1-2H3,(H2,15,16). The molecule has 0 radical (unpaired) electrons. The number of fused-ring (bicyclic) bond motifs is 1. The number of nitrogens with two attached hydrogens (primary N) is 1. The van der Waals surface area contributed by atoms with Crippen LogP contribution in [-0.4, -0.2) is 19.3 Å². The van der Waals surface area contributed by atoms with E-state index in [1.165, 1.54) is 0 Å². The molecule has 0 saturated carbocycles. The van der Waals surface area contributed by atoms with Gasteiger partial charge in [-0.25, -0.2) is 4.98 Å². The van der Waals surface area contributed by atoms with E-state index in [9.17, 15) is 0 Å². The highest BCUT2D eigenvalue weighted by Gasteiger charge is 2.15. The van der Waals surface area contributed by atoms with Crippen LogP contribution in [0, 0.1) is 0 Å².